The van der Waals surface area contributed by atoms with E-state index in [1.807, 2.05) is 0 Å². The molecule has 0 saturated carbocycles. The molecule has 0 fully saturated rings. The molecule has 2 nitrogen and oxygen atoms in total. The van der Waals surface area contributed by atoms with E-state index < -0.39 is 0 Å². The van der Waals surface area contributed by atoms with Gasteiger partial charge in [0.1, 0.15) is 0 Å². The third-order valence-electron chi connectivity index (χ3n) is 0.581. The Bertz CT molecular complexity index is 102. The van der Waals surface area contributed by atoms with Crippen molar-refractivity contribution < 1.29 is 4.79 Å². The SMILES string of the molecule is CC(S)C(=O)NC=S. The van der Waals surface area contributed by atoms with Gasteiger partial charge in [-0.15, -0.1) is 0 Å². The van der Waals surface area contributed by atoms with Gasteiger partial charge in [0.2, 0.25) is 5.91 Å². The van der Waals surface area contributed by atoms with Crippen LogP contribution in [0.5, 0.6) is 0 Å². The fraction of sp³-hybridized carbons (Fsp3) is 0.500. The van der Waals surface area contributed by atoms with Crippen molar-refractivity contribution >= 4 is 36.2 Å². The number of hydrogen-bond acceptors (Lipinski definition) is 3. The van der Waals surface area contributed by atoms with Crippen molar-refractivity contribution in [1.29, 1.82) is 0 Å². The van der Waals surface area contributed by atoms with E-state index in [0.717, 1.165) is 0 Å². The first-order chi connectivity index (χ1) is 3.68. The monoisotopic (exact) mass is 149 g/mol. The van der Waals surface area contributed by atoms with Crippen LogP contribution in [-0.2, 0) is 4.79 Å². The number of carbonyl (C=O) groups excluding carboxylic acids is 1. The quantitative estimate of drug-likeness (QED) is 0.439. The van der Waals surface area contributed by atoms with Gasteiger partial charge in [0, 0.05) is 0 Å². The van der Waals surface area contributed by atoms with Crippen LogP contribution in [-0.4, -0.2) is 16.6 Å². The summed E-state index contributed by atoms with van der Waals surface area (Å²) in [5.41, 5.74) is 1.18. The highest BCUT2D eigenvalue weighted by Gasteiger charge is 2.02. The summed E-state index contributed by atoms with van der Waals surface area (Å²) in [5, 5.41) is 2.04. The minimum Gasteiger partial charge on any atom is -0.322 e. The second kappa shape index (κ2) is 3.86. The molecule has 0 bridgehead atoms. The van der Waals surface area contributed by atoms with Crippen molar-refractivity contribution in [2.75, 3.05) is 0 Å². The fourth-order valence-electron chi connectivity index (χ4n) is 0.179. The molecule has 1 amide bonds. The molecule has 8 heavy (non-hydrogen) atoms. The number of rotatable bonds is 2. The molecule has 0 saturated heterocycles. The van der Waals surface area contributed by atoms with Gasteiger partial charge in [0.15, 0.2) is 0 Å². The summed E-state index contributed by atoms with van der Waals surface area (Å²) < 4.78 is 0. The molecule has 46 valence electrons. The molecule has 0 aliphatic carbocycles. The second-order valence-corrected chi connectivity index (χ2v) is 2.31. The van der Waals surface area contributed by atoms with Crippen LogP contribution in [0.25, 0.3) is 0 Å². The van der Waals surface area contributed by atoms with E-state index in [0.29, 0.717) is 0 Å². The summed E-state index contributed by atoms with van der Waals surface area (Å²) in [6.07, 6.45) is 0. The molecule has 1 N–H and O–H groups in total. The summed E-state index contributed by atoms with van der Waals surface area (Å²) in [7, 11) is 0. The van der Waals surface area contributed by atoms with Gasteiger partial charge in [0.05, 0.1) is 10.7 Å². The Balaban J connectivity index is 3.48. The van der Waals surface area contributed by atoms with E-state index in [4.69, 9.17) is 0 Å². The summed E-state index contributed by atoms with van der Waals surface area (Å²) in [6, 6.07) is 0. The molecule has 0 aliphatic heterocycles. The number of thiocarbonyl (C=S) groups is 1. The van der Waals surface area contributed by atoms with Crippen LogP contribution in [0.3, 0.4) is 0 Å². The third kappa shape index (κ3) is 2.98. The maximum atomic E-state index is 10.5. The molecule has 4 heteroatoms. The normalized spacial score (nSPS) is 12.2. The summed E-state index contributed by atoms with van der Waals surface area (Å²) in [6.45, 7) is 1.68. The highest BCUT2D eigenvalue weighted by atomic mass is 32.1. The van der Waals surface area contributed by atoms with Gasteiger partial charge < -0.3 is 5.32 Å². The zero-order chi connectivity index (χ0) is 6.57. The molecule has 0 aliphatic rings. The number of nitrogens with one attached hydrogen (secondary N) is 1. The average molecular weight is 149 g/mol. The molecule has 0 aromatic rings. The Kier molecular flexibility index (Phi) is 3.81. The van der Waals surface area contributed by atoms with Crippen LogP contribution in [0.4, 0.5) is 0 Å². The number of carbonyl (C=O) groups is 1. The van der Waals surface area contributed by atoms with Crippen LogP contribution in [0.15, 0.2) is 0 Å². The topological polar surface area (TPSA) is 29.1 Å². The molecule has 1 unspecified atom stereocenters. The average Bonchev–Trinajstić information content (AvgIpc) is 1.67. The van der Waals surface area contributed by atoms with Gasteiger partial charge in [-0.1, -0.05) is 12.2 Å². The molecular weight excluding hydrogens is 142 g/mol. The van der Waals surface area contributed by atoms with E-state index in [-0.39, 0.29) is 11.2 Å². The van der Waals surface area contributed by atoms with E-state index in [2.05, 4.69) is 30.2 Å². The van der Waals surface area contributed by atoms with Crippen LogP contribution < -0.4 is 5.32 Å². The highest BCUT2D eigenvalue weighted by molar-refractivity contribution is 7.81. The van der Waals surface area contributed by atoms with Gasteiger partial charge in [-0.05, 0) is 6.92 Å². The van der Waals surface area contributed by atoms with E-state index in [1.54, 1.807) is 6.92 Å². The van der Waals surface area contributed by atoms with Crippen LogP contribution in [0.1, 0.15) is 6.92 Å². The Morgan fingerprint density at radius 2 is 2.50 bits per heavy atom. The molecule has 0 aromatic carbocycles. The van der Waals surface area contributed by atoms with E-state index >= 15 is 0 Å². The zero-order valence-corrected chi connectivity index (χ0v) is 6.13. The van der Waals surface area contributed by atoms with Gasteiger partial charge in [-0.25, -0.2) is 0 Å². The fourth-order valence-corrected chi connectivity index (χ4v) is 0.369. The van der Waals surface area contributed by atoms with E-state index in [1.165, 1.54) is 5.49 Å². The highest BCUT2D eigenvalue weighted by Crippen LogP contribution is 1.89. The Labute approximate surface area is 59.1 Å². The summed E-state index contributed by atoms with van der Waals surface area (Å²) in [5.74, 6) is -0.164. The maximum absolute atomic E-state index is 10.5. The second-order valence-electron chi connectivity index (χ2n) is 1.30. The number of thiol groups is 1. The number of hydrogen-bond donors (Lipinski definition) is 2. The molecule has 1 atom stereocenters. The molecule has 0 aromatic heterocycles. The van der Waals surface area contributed by atoms with Gasteiger partial charge >= 0.3 is 0 Å². The Morgan fingerprint density at radius 3 is 2.62 bits per heavy atom. The minimum absolute atomic E-state index is 0.164. The lowest BCUT2D eigenvalue weighted by molar-refractivity contribution is -0.118. The van der Waals surface area contributed by atoms with Crippen LogP contribution >= 0.6 is 24.8 Å². The van der Waals surface area contributed by atoms with Crippen molar-refractivity contribution in [3.8, 4) is 0 Å². The standard InChI is InChI=1S/C4H7NOS2/c1-3(8)4(6)5-2-7/h2-3,8H,1H3,(H,5,6,7). The van der Waals surface area contributed by atoms with Crippen LogP contribution in [0.2, 0.25) is 0 Å². The van der Waals surface area contributed by atoms with Crippen molar-refractivity contribution in [1.82, 2.24) is 5.32 Å². The molecule has 0 heterocycles. The molecule has 0 spiro atoms. The lowest BCUT2D eigenvalue weighted by Crippen LogP contribution is -2.27. The van der Waals surface area contributed by atoms with Crippen molar-refractivity contribution in [2.24, 2.45) is 0 Å². The molecular formula is C4H7NOS2. The number of amides is 1. The van der Waals surface area contributed by atoms with Gasteiger partial charge in [0.25, 0.3) is 0 Å². The predicted octanol–water partition coefficient (Wildman–Crippen LogP) is 0.378. The lowest BCUT2D eigenvalue weighted by atomic mass is 10.4. The Hall–Kier alpha value is -0.0900. The van der Waals surface area contributed by atoms with E-state index in [9.17, 15) is 4.79 Å². The maximum Gasteiger partial charge on any atom is 0.237 e. The Morgan fingerprint density at radius 1 is 2.00 bits per heavy atom. The zero-order valence-electron chi connectivity index (χ0n) is 4.42. The van der Waals surface area contributed by atoms with Crippen molar-refractivity contribution in [2.45, 2.75) is 12.2 Å². The van der Waals surface area contributed by atoms with Crippen molar-refractivity contribution in [3.05, 3.63) is 0 Å². The lowest BCUT2D eigenvalue weighted by Gasteiger charge is -1.98. The largest absolute Gasteiger partial charge is 0.322 e. The first kappa shape index (κ1) is 7.91. The summed E-state index contributed by atoms with van der Waals surface area (Å²) >= 11 is 8.21. The predicted molar refractivity (Wildman–Crippen MR) is 40.2 cm³/mol. The molecule has 0 radical (unpaired) electrons. The van der Waals surface area contributed by atoms with Crippen LogP contribution in [0, 0.1) is 0 Å². The minimum atomic E-state index is -0.283. The first-order valence-corrected chi connectivity index (χ1v) is 3.09. The van der Waals surface area contributed by atoms with Gasteiger partial charge in [-0.2, -0.15) is 12.6 Å². The van der Waals surface area contributed by atoms with Gasteiger partial charge in [-0.3, -0.25) is 4.79 Å². The summed E-state index contributed by atoms with van der Waals surface area (Å²) in [4.78, 5) is 10.5. The first-order valence-electron chi connectivity index (χ1n) is 2.10. The molecule has 0 rings (SSSR count). The van der Waals surface area contributed by atoms with Crippen molar-refractivity contribution in [3.63, 3.8) is 0 Å². The smallest absolute Gasteiger partial charge is 0.237 e. The third-order valence-corrected chi connectivity index (χ3v) is 0.933.